The van der Waals surface area contributed by atoms with Crippen molar-refractivity contribution in [1.82, 2.24) is 4.90 Å². The molecule has 0 spiro atoms. The zero-order valence-electron chi connectivity index (χ0n) is 16.0. The van der Waals surface area contributed by atoms with E-state index in [0.717, 1.165) is 18.0 Å². The number of hydrogen-bond acceptors (Lipinski definition) is 1. The quantitative estimate of drug-likeness (QED) is 0.324. The highest BCUT2D eigenvalue weighted by atomic mass is 15.2. The van der Waals surface area contributed by atoms with Crippen molar-refractivity contribution in [2.45, 2.75) is 118 Å². The van der Waals surface area contributed by atoms with E-state index >= 15 is 0 Å². The first-order valence-electron chi connectivity index (χ1n) is 9.86. The van der Waals surface area contributed by atoms with Gasteiger partial charge < -0.3 is 0 Å². The maximum atomic E-state index is 2.90. The molecule has 1 nitrogen and oxygen atoms in total. The summed E-state index contributed by atoms with van der Waals surface area (Å²) in [7, 11) is 0. The second kappa shape index (κ2) is 13.6. The fraction of sp³-hybridized carbons (Fsp3) is 1.00. The summed E-state index contributed by atoms with van der Waals surface area (Å²) in [5, 5.41) is 0. The third kappa shape index (κ3) is 9.55. The van der Waals surface area contributed by atoms with Gasteiger partial charge in [-0.05, 0) is 31.6 Å². The van der Waals surface area contributed by atoms with Crippen LogP contribution in [-0.2, 0) is 0 Å². The van der Waals surface area contributed by atoms with E-state index in [1.807, 2.05) is 0 Å². The Bertz CT molecular complexity index is 212. The molecule has 0 saturated carbocycles. The zero-order valence-corrected chi connectivity index (χ0v) is 16.0. The fourth-order valence-electron chi connectivity index (χ4n) is 3.50. The molecule has 2 unspecified atom stereocenters. The summed E-state index contributed by atoms with van der Waals surface area (Å²) in [6.45, 7) is 15.4. The average Bonchev–Trinajstić information content (AvgIpc) is 2.46. The monoisotopic (exact) mass is 297 g/mol. The minimum atomic E-state index is 0.784. The standard InChI is InChI=1S/C20H43N/c1-7-11-13-16-19(10-4)21(17-18(5)6)20(14-9-3)15-12-8-2/h18-20H,7-17H2,1-6H3. The molecule has 128 valence electrons. The van der Waals surface area contributed by atoms with Crippen molar-refractivity contribution in [2.75, 3.05) is 6.54 Å². The van der Waals surface area contributed by atoms with Crippen LogP contribution in [0.1, 0.15) is 106 Å². The largest absolute Gasteiger partial charge is 0.297 e. The van der Waals surface area contributed by atoms with Crippen molar-refractivity contribution in [3.05, 3.63) is 0 Å². The molecule has 0 radical (unpaired) electrons. The molecule has 0 aromatic rings. The van der Waals surface area contributed by atoms with Gasteiger partial charge >= 0.3 is 0 Å². The van der Waals surface area contributed by atoms with Gasteiger partial charge in [0.05, 0.1) is 0 Å². The average molecular weight is 298 g/mol. The second-order valence-electron chi connectivity index (χ2n) is 7.23. The van der Waals surface area contributed by atoms with Crippen LogP contribution in [0.15, 0.2) is 0 Å². The highest BCUT2D eigenvalue weighted by Gasteiger charge is 2.24. The van der Waals surface area contributed by atoms with Crippen LogP contribution < -0.4 is 0 Å². The van der Waals surface area contributed by atoms with Gasteiger partial charge in [-0.1, -0.05) is 80.1 Å². The summed E-state index contributed by atoms with van der Waals surface area (Å²) >= 11 is 0. The molecule has 0 N–H and O–H groups in total. The highest BCUT2D eigenvalue weighted by molar-refractivity contribution is 4.80. The van der Waals surface area contributed by atoms with Crippen molar-refractivity contribution in [3.8, 4) is 0 Å². The van der Waals surface area contributed by atoms with Crippen molar-refractivity contribution in [2.24, 2.45) is 5.92 Å². The Hall–Kier alpha value is -0.0400. The molecule has 0 rings (SSSR count). The van der Waals surface area contributed by atoms with Gasteiger partial charge in [-0.15, -0.1) is 0 Å². The van der Waals surface area contributed by atoms with E-state index in [1.54, 1.807) is 0 Å². The first-order valence-corrected chi connectivity index (χ1v) is 9.86. The normalized spacial score (nSPS) is 14.9. The van der Waals surface area contributed by atoms with Gasteiger partial charge in [0.1, 0.15) is 0 Å². The van der Waals surface area contributed by atoms with Gasteiger partial charge in [-0.2, -0.15) is 0 Å². The van der Waals surface area contributed by atoms with Crippen molar-refractivity contribution in [3.63, 3.8) is 0 Å². The van der Waals surface area contributed by atoms with Gasteiger partial charge in [-0.3, -0.25) is 4.90 Å². The lowest BCUT2D eigenvalue weighted by atomic mass is 9.96. The molecular formula is C20H43N. The third-order valence-electron chi connectivity index (χ3n) is 4.64. The predicted octanol–water partition coefficient (Wildman–Crippen LogP) is 6.66. The molecule has 1 heteroatoms. The maximum Gasteiger partial charge on any atom is 0.00982 e. The first-order chi connectivity index (χ1) is 10.1. The Morgan fingerprint density at radius 3 is 1.76 bits per heavy atom. The van der Waals surface area contributed by atoms with Gasteiger partial charge in [0.25, 0.3) is 0 Å². The summed E-state index contributed by atoms with van der Waals surface area (Å²) in [6, 6.07) is 1.64. The Morgan fingerprint density at radius 1 is 0.667 bits per heavy atom. The molecule has 2 atom stereocenters. The lowest BCUT2D eigenvalue weighted by Crippen LogP contribution is -2.45. The molecule has 0 amide bonds. The first kappa shape index (κ1) is 21.0. The molecule has 0 bridgehead atoms. The minimum Gasteiger partial charge on any atom is -0.297 e. The van der Waals surface area contributed by atoms with E-state index in [-0.39, 0.29) is 0 Å². The summed E-state index contributed by atoms with van der Waals surface area (Å²) in [5.41, 5.74) is 0. The highest BCUT2D eigenvalue weighted by Crippen LogP contribution is 2.23. The van der Waals surface area contributed by atoms with Crippen LogP contribution in [0.25, 0.3) is 0 Å². The molecule has 0 saturated heterocycles. The molecule has 0 fully saturated rings. The molecule has 0 aliphatic heterocycles. The molecule has 0 aromatic carbocycles. The molecular weight excluding hydrogens is 254 g/mol. The van der Waals surface area contributed by atoms with Crippen LogP contribution in [0.3, 0.4) is 0 Å². The SMILES string of the molecule is CCCCCC(CC)N(CC(C)C)C(CCC)CCCC. The number of hydrogen-bond donors (Lipinski definition) is 0. The number of nitrogens with zero attached hydrogens (tertiary/aromatic N) is 1. The van der Waals surface area contributed by atoms with Gasteiger partial charge in [0.15, 0.2) is 0 Å². The fourth-order valence-corrected chi connectivity index (χ4v) is 3.50. The summed E-state index contributed by atoms with van der Waals surface area (Å²) in [6.07, 6.45) is 13.7. The van der Waals surface area contributed by atoms with Crippen molar-refractivity contribution >= 4 is 0 Å². The second-order valence-corrected chi connectivity index (χ2v) is 7.23. The lowest BCUT2D eigenvalue weighted by Gasteiger charge is -2.39. The maximum absolute atomic E-state index is 2.90. The number of unbranched alkanes of at least 4 members (excludes halogenated alkanes) is 3. The molecule has 0 aliphatic carbocycles. The Kier molecular flexibility index (Phi) is 13.6. The van der Waals surface area contributed by atoms with Crippen LogP contribution in [0.2, 0.25) is 0 Å². The van der Waals surface area contributed by atoms with Crippen LogP contribution >= 0.6 is 0 Å². The van der Waals surface area contributed by atoms with E-state index in [0.29, 0.717) is 0 Å². The third-order valence-corrected chi connectivity index (χ3v) is 4.64. The summed E-state index contributed by atoms with van der Waals surface area (Å²) in [4.78, 5) is 2.90. The molecule has 0 heterocycles. The predicted molar refractivity (Wildman–Crippen MR) is 98.0 cm³/mol. The van der Waals surface area contributed by atoms with Gasteiger partial charge in [0.2, 0.25) is 0 Å². The summed E-state index contributed by atoms with van der Waals surface area (Å²) < 4.78 is 0. The Morgan fingerprint density at radius 2 is 1.29 bits per heavy atom. The van der Waals surface area contributed by atoms with Crippen LogP contribution in [0.4, 0.5) is 0 Å². The van der Waals surface area contributed by atoms with E-state index in [1.165, 1.54) is 70.8 Å². The van der Waals surface area contributed by atoms with Crippen LogP contribution in [-0.4, -0.2) is 23.5 Å². The van der Waals surface area contributed by atoms with Gasteiger partial charge in [0, 0.05) is 18.6 Å². The van der Waals surface area contributed by atoms with E-state index in [9.17, 15) is 0 Å². The van der Waals surface area contributed by atoms with E-state index in [4.69, 9.17) is 0 Å². The number of rotatable bonds is 14. The summed E-state index contributed by atoms with van der Waals surface area (Å²) in [5.74, 6) is 0.784. The van der Waals surface area contributed by atoms with E-state index in [2.05, 4.69) is 46.4 Å². The van der Waals surface area contributed by atoms with Gasteiger partial charge in [-0.25, -0.2) is 0 Å². The Balaban J connectivity index is 4.80. The lowest BCUT2D eigenvalue weighted by molar-refractivity contribution is 0.0910. The van der Waals surface area contributed by atoms with E-state index < -0.39 is 0 Å². The van der Waals surface area contributed by atoms with Crippen LogP contribution in [0.5, 0.6) is 0 Å². The molecule has 0 aliphatic rings. The topological polar surface area (TPSA) is 3.24 Å². The van der Waals surface area contributed by atoms with Crippen LogP contribution in [0, 0.1) is 5.92 Å². The molecule has 0 aromatic heterocycles. The van der Waals surface area contributed by atoms with Crippen molar-refractivity contribution < 1.29 is 0 Å². The smallest absolute Gasteiger partial charge is 0.00982 e. The zero-order chi connectivity index (χ0) is 16.1. The van der Waals surface area contributed by atoms with Crippen molar-refractivity contribution in [1.29, 1.82) is 0 Å². The Labute approximate surface area is 135 Å². The molecule has 21 heavy (non-hydrogen) atoms. The minimum absolute atomic E-state index is 0.784.